The largest absolute Gasteiger partial charge is 0.366 e. The summed E-state index contributed by atoms with van der Waals surface area (Å²) >= 11 is 0. The lowest BCUT2D eigenvalue weighted by Gasteiger charge is -2.37. The molecule has 1 aliphatic heterocycles. The average Bonchev–Trinajstić information content (AvgIpc) is 2.87. The Morgan fingerprint density at radius 2 is 2.00 bits per heavy atom. The minimum absolute atomic E-state index is 0. The van der Waals surface area contributed by atoms with Gasteiger partial charge in [-0.2, -0.15) is 0 Å². The molecule has 0 aromatic rings. The Balaban J connectivity index is 0.00000180. The van der Waals surface area contributed by atoms with Crippen LogP contribution in [0.4, 0.5) is 0 Å². The van der Waals surface area contributed by atoms with Crippen molar-refractivity contribution in [3.05, 3.63) is 0 Å². The number of nitrogens with one attached hydrogen (secondary N) is 2. The van der Waals surface area contributed by atoms with Crippen LogP contribution in [0.5, 0.6) is 0 Å². The molecular weight excluding hydrogens is 301 g/mol. The van der Waals surface area contributed by atoms with Crippen LogP contribution in [0.15, 0.2) is 0 Å². The van der Waals surface area contributed by atoms with E-state index in [1.54, 1.807) is 0 Å². The molecule has 2 N–H and O–H groups in total. The van der Waals surface area contributed by atoms with Crippen LogP contribution in [-0.2, 0) is 9.53 Å². The minimum Gasteiger partial charge on any atom is -0.366 e. The summed E-state index contributed by atoms with van der Waals surface area (Å²) in [6.07, 6.45) is 4.54. The normalized spacial score (nSPS) is 24.6. The van der Waals surface area contributed by atoms with Crippen molar-refractivity contribution in [2.75, 3.05) is 40.3 Å². The van der Waals surface area contributed by atoms with Gasteiger partial charge in [-0.25, -0.2) is 0 Å². The van der Waals surface area contributed by atoms with Crippen molar-refractivity contribution in [2.45, 2.75) is 37.3 Å². The molecule has 0 radical (unpaired) electrons. The predicted octanol–water partition coefficient (Wildman–Crippen LogP) is 0.809. The lowest BCUT2D eigenvalue weighted by atomic mass is 9.96. The molecule has 1 unspecified atom stereocenters. The zero-order valence-corrected chi connectivity index (χ0v) is 13.9. The van der Waals surface area contributed by atoms with Crippen molar-refractivity contribution in [1.82, 2.24) is 15.5 Å². The fourth-order valence-corrected chi connectivity index (χ4v) is 2.91. The van der Waals surface area contributed by atoms with E-state index in [2.05, 4.69) is 29.6 Å². The van der Waals surface area contributed by atoms with Crippen molar-refractivity contribution in [3.63, 3.8) is 0 Å². The number of halogens is 2. The van der Waals surface area contributed by atoms with Gasteiger partial charge in [0.25, 0.3) is 5.91 Å². The number of rotatable bonds is 4. The first kappa shape index (κ1) is 19.9. The standard InChI is InChI=1S/C13H25N3O2.2ClH/c1-16(2)13(5-3-4-6-13)10-15-12(17)11-9-14-7-8-18-11;;/h11,14H,3-10H2,1-2H3,(H,15,17);2*1H. The second-order valence-electron chi connectivity index (χ2n) is 5.61. The van der Waals surface area contributed by atoms with E-state index in [1.165, 1.54) is 25.7 Å². The highest BCUT2D eigenvalue weighted by Crippen LogP contribution is 2.33. The van der Waals surface area contributed by atoms with E-state index >= 15 is 0 Å². The Morgan fingerprint density at radius 3 is 2.50 bits per heavy atom. The molecule has 0 aromatic heterocycles. The highest BCUT2D eigenvalue weighted by Gasteiger charge is 2.36. The Morgan fingerprint density at radius 1 is 1.35 bits per heavy atom. The maximum Gasteiger partial charge on any atom is 0.250 e. The molecule has 0 spiro atoms. The van der Waals surface area contributed by atoms with Crippen molar-refractivity contribution in [1.29, 1.82) is 0 Å². The van der Waals surface area contributed by atoms with Gasteiger partial charge in [0.1, 0.15) is 6.10 Å². The molecule has 1 atom stereocenters. The molecule has 0 aromatic carbocycles. The number of hydrogen-bond donors (Lipinski definition) is 2. The van der Waals surface area contributed by atoms with Gasteiger partial charge < -0.3 is 20.3 Å². The quantitative estimate of drug-likeness (QED) is 0.802. The third-order valence-electron chi connectivity index (χ3n) is 4.29. The molecule has 5 nitrogen and oxygen atoms in total. The molecule has 1 saturated heterocycles. The zero-order chi connectivity index (χ0) is 13.0. The van der Waals surface area contributed by atoms with E-state index in [0.717, 1.165) is 13.1 Å². The number of ether oxygens (including phenoxy) is 1. The van der Waals surface area contributed by atoms with Gasteiger partial charge in [-0.3, -0.25) is 4.79 Å². The first-order valence-electron chi connectivity index (χ1n) is 6.91. The fraction of sp³-hybridized carbons (Fsp3) is 0.923. The number of hydrogen-bond acceptors (Lipinski definition) is 4. The molecule has 1 aliphatic carbocycles. The molecule has 2 fully saturated rings. The summed E-state index contributed by atoms with van der Waals surface area (Å²) in [5, 5.41) is 6.25. The molecular formula is C13H27Cl2N3O2. The molecule has 20 heavy (non-hydrogen) atoms. The van der Waals surface area contributed by atoms with Gasteiger partial charge >= 0.3 is 0 Å². The van der Waals surface area contributed by atoms with E-state index < -0.39 is 0 Å². The second kappa shape index (κ2) is 9.05. The maximum absolute atomic E-state index is 12.0. The van der Waals surface area contributed by atoms with Gasteiger partial charge in [-0.1, -0.05) is 12.8 Å². The first-order valence-corrected chi connectivity index (χ1v) is 6.91. The average molecular weight is 328 g/mol. The number of morpholine rings is 1. The van der Waals surface area contributed by atoms with Gasteiger partial charge in [-0.15, -0.1) is 24.8 Å². The van der Waals surface area contributed by atoms with E-state index in [-0.39, 0.29) is 42.4 Å². The number of likely N-dealkylation sites (N-methyl/N-ethyl adjacent to an activating group) is 1. The Hall–Kier alpha value is -0.0700. The first-order chi connectivity index (χ1) is 8.64. The van der Waals surface area contributed by atoms with Gasteiger partial charge in [0, 0.05) is 25.2 Å². The van der Waals surface area contributed by atoms with Gasteiger partial charge in [0.05, 0.1) is 6.61 Å². The van der Waals surface area contributed by atoms with E-state index in [9.17, 15) is 4.79 Å². The highest BCUT2D eigenvalue weighted by atomic mass is 35.5. The number of amides is 1. The summed E-state index contributed by atoms with van der Waals surface area (Å²) in [7, 11) is 4.21. The summed E-state index contributed by atoms with van der Waals surface area (Å²) in [6.45, 7) is 2.82. The molecule has 1 saturated carbocycles. The van der Waals surface area contributed by atoms with Gasteiger partial charge in [0.2, 0.25) is 0 Å². The minimum atomic E-state index is -0.320. The van der Waals surface area contributed by atoms with Gasteiger partial charge in [-0.05, 0) is 26.9 Å². The summed E-state index contributed by atoms with van der Waals surface area (Å²) in [5.74, 6) is 0.0234. The van der Waals surface area contributed by atoms with Crippen LogP contribution in [0.1, 0.15) is 25.7 Å². The van der Waals surface area contributed by atoms with E-state index in [0.29, 0.717) is 13.2 Å². The van der Waals surface area contributed by atoms with E-state index in [4.69, 9.17) is 4.74 Å². The molecule has 1 amide bonds. The fourth-order valence-electron chi connectivity index (χ4n) is 2.91. The predicted molar refractivity (Wildman–Crippen MR) is 85.0 cm³/mol. The number of nitrogens with zero attached hydrogens (tertiary/aromatic N) is 1. The molecule has 120 valence electrons. The lowest BCUT2D eigenvalue weighted by molar-refractivity contribution is -0.134. The van der Waals surface area contributed by atoms with Crippen LogP contribution in [0, 0.1) is 0 Å². The monoisotopic (exact) mass is 327 g/mol. The van der Waals surface area contributed by atoms with Crippen molar-refractivity contribution in [3.8, 4) is 0 Å². The van der Waals surface area contributed by atoms with E-state index in [1.807, 2.05) is 0 Å². The maximum atomic E-state index is 12.0. The molecule has 7 heteroatoms. The van der Waals surface area contributed by atoms with Crippen LogP contribution >= 0.6 is 24.8 Å². The van der Waals surface area contributed by atoms with Gasteiger partial charge in [0.15, 0.2) is 0 Å². The second-order valence-corrected chi connectivity index (χ2v) is 5.61. The smallest absolute Gasteiger partial charge is 0.250 e. The summed E-state index contributed by atoms with van der Waals surface area (Å²) < 4.78 is 5.46. The highest BCUT2D eigenvalue weighted by molar-refractivity contribution is 5.85. The third kappa shape index (κ3) is 4.74. The summed E-state index contributed by atoms with van der Waals surface area (Å²) in [6, 6.07) is 0. The molecule has 2 aliphatic rings. The summed E-state index contributed by atoms with van der Waals surface area (Å²) in [5.41, 5.74) is 0.151. The topological polar surface area (TPSA) is 53.6 Å². The SMILES string of the molecule is CN(C)C1(CNC(=O)C2CNCCO2)CCCC1.Cl.Cl. The van der Waals surface area contributed by atoms with Crippen LogP contribution in [-0.4, -0.2) is 62.8 Å². The lowest BCUT2D eigenvalue weighted by Crippen LogP contribution is -2.54. The van der Waals surface area contributed by atoms with Crippen LogP contribution in [0.2, 0.25) is 0 Å². The summed E-state index contributed by atoms with van der Waals surface area (Å²) in [4.78, 5) is 14.3. The van der Waals surface area contributed by atoms with Crippen molar-refractivity contribution >= 4 is 30.7 Å². The third-order valence-corrected chi connectivity index (χ3v) is 4.29. The number of carbonyl (C=O) groups excluding carboxylic acids is 1. The zero-order valence-electron chi connectivity index (χ0n) is 12.3. The number of carbonyl (C=O) groups is 1. The Kier molecular flexibility index (Phi) is 9.02. The van der Waals surface area contributed by atoms with Crippen LogP contribution in [0.3, 0.4) is 0 Å². The van der Waals surface area contributed by atoms with Crippen molar-refractivity contribution in [2.24, 2.45) is 0 Å². The molecule has 2 rings (SSSR count). The van der Waals surface area contributed by atoms with Crippen LogP contribution < -0.4 is 10.6 Å². The Bertz CT molecular complexity index is 291. The van der Waals surface area contributed by atoms with Crippen molar-refractivity contribution < 1.29 is 9.53 Å². The Labute approximate surface area is 134 Å². The molecule has 1 heterocycles. The van der Waals surface area contributed by atoms with Crippen LogP contribution in [0.25, 0.3) is 0 Å². The molecule has 0 bridgehead atoms.